The third-order valence-corrected chi connectivity index (χ3v) is 4.79. The summed E-state index contributed by atoms with van der Waals surface area (Å²) in [5.41, 5.74) is 2.72. The van der Waals surface area contributed by atoms with Crippen molar-refractivity contribution in [2.45, 2.75) is 13.2 Å². The molecule has 0 spiro atoms. The normalized spacial score (nSPS) is 11.8. The monoisotopic (exact) mass is 345 g/mol. The standard InChI is InChI=1S/C17H19N3O3S/c21-24(22,11-10-23-13-14-6-2-1-3-7-14)18-12-17-19-15-8-4-5-9-16(15)20-17/h1-9,18H,10-13H2,(H,19,20). The molecular weight excluding hydrogens is 326 g/mol. The lowest BCUT2D eigenvalue weighted by Crippen LogP contribution is -2.28. The molecule has 6 nitrogen and oxygen atoms in total. The Morgan fingerprint density at radius 3 is 2.58 bits per heavy atom. The highest BCUT2D eigenvalue weighted by atomic mass is 32.2. The second-order valence-electron chi connectivity index (χ2n) is 5.38. The number of nitrogens with one attached hydrogen (secondary N) is 2. The Morgan fingerprint density at radius 1 is 1.04 bits per heavy atom. The Bertz CT molecular complexity index is 859. The summed E-state index contributed by atoms with van der Waals surface area (Å²) in [7, 11) is -3.41. The summed E-state index contributed by atoms with van der Waals surface area (Å²) in [6.07, 6.45) is 0. The molecule has 2 N–H and O–H groups in total. The van der Waals surface area contributed by atoms with Gasteiger partial charge in [-0.2, -0.15) is 0 Å². The van der Waals surface area contributed by atoms with Crippen molar-refractivity contribution in [1.29, 1.82) is 0 Å². The number of rotatable bonds is 8. The number of hydrogen-bond donors (Lipinski definition) is 2. The number of imidazole rings is 1. The molecule has 0 atom stereocenters. The summed E-state index contributed by atoms with van der Waals surface area (Å²) in [4.78, 5) is 7.43. The molecular formula is C17H19N3O3S. The molecule has 0 fully saturated rings. The molecule has 24 heavy (non-hydrogen) atoms. The largest absolute Gasteiger partial charge is 0.376 e. The Morgan fingerprint density at radius 2 is 1.79 bits per heavy atom. The molecule has 7 heteroatoms. The minimum absolute atomic E-state index is 0.0833. The average Bonchev–Trinajstić information content (AvgIpc) is 3.01. The van der Waals surface area contributed by atoms with Gasteiger partial charge in [0.15, 0.2) is 0 Å². The third-order valence-electron chi connectivity index (χ3n) is 3.51. The summed E-state index contributed by atoms with van der Waals surface area (Å²) in [5.74, 6) is 0.505. The molecule has 1 heterocycles. The van der Waals surface area contributed by atoms with E-state index in [0.29, 0.717) is 12.4 Å². The Kier molecular flexibility index (Phi) is 5.24. The number of para-hydroxylation sites is 2. The van der Waals surface area contributed by atoms with Gasteiger partial charge in [0.2, 0.25) is 10.0 Å². The van der Waals surface area contributed by atoms with Gasteiger partial charge >= 0.3 is 0 Å². The number of hydrogen-bond acceptors (Lipinski definition) is 4. The SMILES string of the molecule is O=S(=O)(CCOCc1ccccc1)NCc1nc2ccccc2[nH]1. The van der Waals surface area contributed by atoms with Crippen LogP contribution in [0.2, 0.25) is 0 Å². The van der Waals surface area contributed by atoms with Crippen LogP contribution in [0, 0.1) is 0 Å². The van der Waals surface area contributed by atoms with Crippen molar-refractivity contribution < 1.29 is 13.2 Å². The zero-order valence-electron chi connectivity index (χ0n) is 13.1. The summed E-state index contributed by atoms with van der Waals surface area (Å²) in [6, 6.07) is 17.2. The van der Waals surface area contributed by atoms with Crippen LogP contribution in [0.3, 0.4) is 0 Å². The molecule has 126 valence electrons. The molecule has 0 aliphatic carbocycles. The van der Waals surface area contributed by atoms with Gasteiger partial charge in [0.1, 0.15) is 5.82 Å². The van der Waals surface area contributed by atoms with Crippen LogP contribution in [0.5, 0.6) is 0 Å². The Balaban J connectivity index is 1.45. The summed E-state index contributed by atoms with van der Waals surface area (Å²) >= 11 is 0. The zero-order chi connectivity index (χ0) is 16.8. The van der Waals surface area contributed by atoms with Gasteiger partial charge in [0, 0.05) is 0 Å². The first kappa shape index (κ1) is 16.6. The van der Waals surface area contributed by atoms with E-state index in [9.17, 15) is 8.42 Å². The fourth-order valence-corrected chi connectivity index (χ4v) is 3.11. The first-order valence-electron chi connectivity index (χ1n) is 7.65. The van der Waals surface area contributed by atoms with Crippen molar-refractivity contribution in [3.8, 4) is 0 Å². The number of sulfonamides is 1. The third kappa shape index (κ3) is 4.64. The van der Waals surface area contributed by atoms with Gasteiger partial charge in [-0.1, -0.05) is 42.5 Å². The van der Waals surface area contributed by atoms with Crippen LogP contribution in [0.4, 0.5) is 0 Å². The lowest BCUT2D eigenvalue weighted by atomic mass is 10.2. The van der Waals surface area contributed by atoms with Crippen molar-refractivity contribution in [1.82, 2.24) is 14.7 Å². The zero-order valence-corrected chi connectivity index (χ0v) is 13.9. The molecule has 0 saturated carbocycles. The highest BCUT2D eigenvalue weighted by Crippen LogP contribution is 2.10. The van der Waals surface area contributed by atoms with Gasteiger partial charge in [-0.25, -0.2) is 18.1 Å². The average molecular weight is 345 g/mol. The van der Waals surface area contributed by atoms with Gasteiger partial charge in [0.05, 0.1) is 36.5 Å². The van der Waals surface area contributed by atoms with Gasteiger partial charge in [-0.05, 0) is 17.7 Å². The molecule has 1 aromatic heterocycles. The number of fused-ring (bicyclic) bond motifs is 1. The second-order valence-corrected chi connectivity index (χ2v) is 7.31. The molecule has 0 aliphatic rings. The lowest BCUT2D eigenvalue weighted by Gasteiger charge is -2.06. The van der Waals surface area contributed by atoms with E-state index >= 15 is 0 Å². The topological polar surface area (TPSA) is 84.1 Å². The molecule has 0 unspecified atom stereocenters. The molecule has 3 aromatic rings. The number of nitrogens with zero attached hydrogens (tertiary/aromatic N) is 1. The molecule has 0 radical (unpaired) electrons. The second kappa shape index (κ2) is 7.57. The summed E-state index contributed by atoms with van der Waals surface area (Å²) in [5, 5.41) is 0. The smallest absolute Gasteiger partial charge is 0.214 e. The fourth-order valence-electron chi connectivity index (χ4n) is 2.27. The quantitative estimate of drug-likeness (QED) is 0.613. The van der Waals surface area contributed by atoms with Crippen molar-refractivity contribution >= 4 is 21.1 Å². The van der Waals surface area contributed by atoms with Gasteiger partial charge < -0.3 is 9.72 Å². The van der Waals surface area contributed by atoms with Crippen molar-refractivity contribution in [3.05, 3.63) is 66.0 Å². The maximum absolute atomic E-state index is 12.0. The van der Waals surface area contributed by atoms with E-state index in [4.69, 9.17) is 4.74 Å². The van der Waals surface area contributed by atoms with Gasteiger partial charge in [-0.15, -0.1) is 0 Å². The number of aromatic nitrogens is 2. The maximum atomic E-state index is 12.0. The van der Waals surface area contributed by atoms with Crippen LogP contribution in [0.25, 0.3) is 11.0 Å². The van der Waals surface area contributed by atoms with E-state index in [1.807, 2.05) is 54.6 Å². The Labute approximate surface area is 140 Å². The van der Waals surface area contributed by atoms with Crippen LogP contribution < -0.4 is 4.72 Å². The lowest BCUT2D eigenvalue weighted by molar-refractivity contribution is 0.135. The minimum atomic E-state index is -3.41. The number of H-pyrrole nitrogens is 1. The molecule has 3 rings (SSSR count). The number of benzene rings is 2. The molecule has 2 aromatic carbocycles. The Hall–Kier alpha value is -2.22. The maximum Gasteiger partial charge on any atom is 0.214 e. The fraction of sp³-hybridized carbons (Fsp3) is 0.235. The molecule has 0 bridgehead atoms. The van der Waals surface area contributed by atoms with E-state index in [2.05, 4.69) is 14.7 Å². The predicted octanol–water partition coefficient (Wildman–Crippen LogP) is 2.20. The molecule has 0 saturated heterocycles. The van der Waals surface area contributed by atoms with E-state index in [1.54, 1.807) is 0 Å². The summed E-state index contributed by atoms with van der Waals surface area (Å²) in [6.45, 7) is 0.681. The van der Waals surface area contributed by atoms with E-state index in [-0.39, 0.29) is 18.9 Å². The van der Waals surface area contributed by atoms with Crippen LogP contribution in [-0.4, -0.2) is 30.7 Å². The van der Waals surface area contributed by atoms with Crippen LogP contribution in [0.1, 0.15) is 11.4 Å². The van der Waals surface area contributed by atoms with E-state index in [1.165, 1.54) is 0 Å². The number of aromatic amines is 1. The highest BCUT2D eigenvalue weighted by Gasteiger charge is 2.11. The predicted molar refractivity (Wildman–Crippen MR) is 92.8 cm³/mol. The molecule has 0 amide bonds. The van der Waals surface area contributed by atoms with E-state index in [0.717, 1.165) is 16.6 Å². The van der Waals surface area contributed by atoms with Crippen molar-refractivity contribution in [2.75, 3.05) is 12.4 Å². The van der Waals surface area contributed by atoms with E-state index < -0.39 is 10.0 Å². The van der Waals surface area contributed by atoms with Crippen LogP contribution in [0.15, 0.2) is 54.6 Å². The van der Waals surface area contributed by atoms with Crippen molar-refractivity contribution in [3.63, 3.8) is 0 Å². The minimum Gasteiger partial charge on any atom is -0.376 e. The van der Waals surface area contributed by atoms with Crippen LogP contribution in [-0.2, 0) is 27.9 Å². The van der Waals surface area contributed by atoms with Crippen molar-refractivity contribution in [2.24, 2.45) is 0 Å². The molecule has 0 aliphatic heterocycles. The number of ether oxygens (including phenoxy) is 1. The van der Waals surface area contributed by atoms with Crippen LogP contribution >= 0.6 is 0 Å². The highest BCUT2D eigenvalue weighted by molar-refractivity contribution is 7.89. The summed E-state index contributed by atoms with van der Waals surface area (Å²) < 4.78 is 31.9. The van der Waals surface area contributed by atoms with Gasteiger partial charge in [0.25, 0.3) is 0 Å². The van der Waals surface area contributed by atoms with Gasteiger partial charge in [-0.3, -0.25) is 0 Å². The first-order chi connectivity index (χ1) is 11.6. The first-order valence-corrected chi connectivity index (χ1v) is 9.30.